The summed E-state index contributed by atoms with van der Waals surface area (Å²) in [7, 11) is 1.62. The van der Waals surface area contributed by atoms with Gasteiger partial charge in [-0.2, -0.15) is 0 Å². The number of nitrogens with one attached hydrogen (secondary N) is 1. The second-order valence-corrected chi connectivity index (χ2v) is 9.12. The first-order valence-corrected chi connectivity index (χ1v) is 12.0. The summed E-state index contributed by atoms with van der Waals surface area (Å²) in [5, 5.41) is 12.2. The molecule has 0 saturated heterocycles. The number of aromatic nitrogens is 2. The Hall–Kier alpha value is -2.98. The molecule has 0 saturated carbocycles. The standard InChI is InChI=1S/C22H24N4O4S2/c1-3-26(12-15-13-29-18-10-6-7-11-19(18)30-15)20(27)14-31-22-25-24-21(32-22)23-16-8-4-5-9-17(16)28-2/h4-11,15H,3,12-14H2,1-2H3,(H,23,24). The Morgan fingerprint density at radius 3 is 2.81 bits per heavy atom. The quantitative estimate of drug-likeness (QED) is 0.467. The van der Waals surface area contributed by atoms with Crippen LogP contribution in [-0.2, 0) is 4.79 Å². The van der Waals surface area contributed by atoms with E-state index in [0.29, 0.717) is 30.6 Å². The number of likely N-dealkylation sites (N-methyl/N-ethyl adjacent to an activating group) is 1. The lowest BCUT2D eigenvalue weighted by Crippen LogP contribution is -2.44. The second kappa shape index (κ2) is 10.6. The van der Waals surface area contributed by atoms with E-state index in [1.807, 2.05) is 55.5 Å². The van der Waals surface area contributed by atoms with Crippen molar-refractivity contribution < 1.29 is 19.0 Å². The van der Waals surface area contributed by atoms with E-state index < -0.39 is 0 Å². The number of anilines is 2. The molecule has 0 fully saturated rings. The minimum absolute atomic E-state index is 0.0226. The fourth-order valence-corrected chi connectivity index (χ4v) is 4.87. The molecule has 1 aromatic heterocycles. The molecule has 1 N–H and O–H groups in total. The van der Waals surface area contributed by atoms with E-state index in [-0.39, 0.29) is 17.8 Å². The molecule has 4 rings (SSSR count). The average Bonchev–Trinajstić information content (AvgIpc) is 3.28. The van der Waals surface area contributed by atoms with Gasteiger partial charge >= 0.3 is 0 Å². The van der Waals surface area contributed by atoms with Crippen molar-refractivity contribution in [3.63, 3.8) is 0 Å². The number of thioether (sulfide) groups is 1. The number of hydrogen-bond acceptors (Lipinski definition) is 9. The molecule has 0 bridgehead atoms. The van der Waals surface area contributed by atoms with E-state index in [1.165, 1.54) is 23.1 Å². The van der Waals surface area contributed by atoms with Crippen molar-refractivity contribution in [3.8, 4) is 17.2 Å². The first kappa shape index (κ1) is 22.2. The first-order valence-electron chi connectivity index (χ1n) is 10.2. The van der Waals surface area contributed by atoms with E-state index in [0.717, 1.165) is 21.5 Å². The number of hydrogen-bond donors (Lipinski definition) is 1. The topological polar surface area (TPSA) is 85.8 Å². The predicted molar refractivity (Wildman–Crippen MR) is 126 cm³/mol. The number of nitrogens with zero attached hydrogens (tertiary/aromatic N) is 3. The molecule has 32 heavy (non-hydrogen) atoms. The number of benzene rings is 2. The van der Waals surface area contributed by atoms with Gasteiger partial charge in [0, 0.05) is 6.54 Å². The molecule has 1 amide bonds. The van der Waals surface area contributed by atoms with Crippen LogP contribution >= 0.6 is 23.1 Å². The van der Waals surface area contributed by atoms with Crippen molar-refractivity contribution in [2.45, 2.75) is 17.4 Å². The SMILES string of the molecule is CCN(CC1COc2ccccc2O1)C(=O)CSc1nnc(Nc2ccccc2OC)s1. The number of amides is 1. The first-order chi connectivity index (χ1) is 15.7. The molecule has 1 unspecified atom stereocenters. The summed E-state index contributed by atoms with van der Waals surface area (Å²) in [4.78, 5) is 14.6. The fraction of sp³-hybridized carbons (Fsp3) is 0.318. The van der Waals surface area contributed by atoms with Crippen LogP contribution in [0.25, 0.3) is 0 Å². The Morgan fingerprint density at radius 2 is 2.00 bits per heavy atom. The van der Waals surface area contributed by atoms with E-state index in [9.17, 15) is 4.79 Å². The van der Waals surface area contributed by atoms with Gasteiger partial charge in [0.05, 0.1) is 25.1 Å². The van der Waals surface area contributed by atoms with Crippen LogP contribution in [0.2, 0.25) is 0 Å². The summed E-state index contributed by atoms with van der Waals surface area (Å²) in [6.45, 7) is 3.45. The van der Waals surface area contributed by atoms with E-state index in [1.54, 1.807) is 12.0 Å². The number of para-hydroxylation sites is 4. The third-order valence-corrected chi connectivity index (χ3v) is 6.76. The Balaban J connectivity index is 1.29. The summed E-state index contributed by atoms with van der Waals surface area (Å²) < 4.78 is 17.8. The highest BCUT2D eigenvalue weighted by Crippen LogP contribution is 2.32. The van der Waals surface area contributed by atoms with Crippen LogP contribution in [0.5, 0.6) is 17.2 Å². The van der Waals surface area contributed by atoms with Gasteiger partial charge in [0.1, 0.15) is 12.4 Å². The molecule has 2 aromatic carbocycles. The number of methoxy groups -OCH3 is 1. The molecule has 8 nitrogen and oxygen atoms in total. The summed E-state index contributed by atoms with van der Waals surface area (Å²) in [6, 6.07) is 15.2. The van der Waals surface area contributed by atoms with Crippen LogP contribution < -0.4 is 19.5 Å². The van der Waals surface area contributed by atoms with Gasteiger partial charge in [-0.3, -0.25) is 4.79 Å². The minimum Gasteiger partial charge on any atom is -0.495 e. The number of carbonyl (C=O) groups is 1. The second-order valence-electron chi connectivity index (χ2n) is 6.92. The number of carbonyl (C=O) groups excluding carboxylic acids is 1. The zero-order chi connectivity index (χ0) is 22.3. The highest BCUT2D eigenvalue weighted by molar-refractivity contribution is 8.01. The van der Waals surface area contributed by atoms with Gasteiger partial charge in [-0.15, -0.1) is 10.2 Å². The van der Waals surface area contributed by atoms with Crippen LogP contribution in [-0.4, -0.2) is 59.7 Å². The summed E-state index contributed by atoms with van der Waals surface area (Å²) in [5.74, 6) is 2.48. The number of ether oxygens (including phenoxy) is 3. The van der Waals surface area contributed by atoms with Gasteiger partial charge in [-0.1, -0.05) is 47.4 Å². The van der Waals surface area contributed by atoms with Crippen molar-refractivity contribution in [1.29, 1.82) is 0 Å². The molecule has 1 aliphatic rings. The monoisotopic (exact) mass is 472 g/mol. The lowest BCUT2D eigenvalue weighted by molar-refractivity contribution is -0.129. The van der Waals surface area contributed by atoms with Gasteiger partial charge < -0.3 is 24.4 Å². The molecule has 1 aliphatic heterocycles. The van der Waals surface area contributed by atoms with Gasteiger partial charge in [0.2, 0.25) is 11.0 Å². The Morgan fingerprint density at radius 1 is 1.22 bits per heavy atom. The molecule has 0 spiro atoms. The molecule has 168 valence electrons. The lowest BCUT2D eigenvalue weighted by atomic mass is 10.2. The molecule has 0 radical (unpaired) electrons. The molecule has 0 aliphatic carbocycles. The van der Waals surface area contributed by atoms with Crippen LogP contribution in [0, 0.1) is 0 Å². The fourth-order valence-electron chi connectivity index (χ4n) is 3.20. The highest BCUT2D eigenvalue weighted by atomic mass is 32.2. The van der Waals surface area contributed by atoms with Crippen LogP contribution in [0.4, 0.5) is 10.8 Å². The normalized spacial score (nSPS) is 14.6. The molecule has 1 atom stereocenters. The smallest absolute Gasteiger partial charge is 0.233 e. The lowest BCUT2D eigenvalue weighted by Gasteiger charge is -2.30. The van der Waals surface area contributed by atoms with Gasteiger partial charge in [0.25, 0.3) is 0 Å². The van der Waals surface area contributed by atoms with E-state index in [2.05, 4.69) is 15.5 Å². The zero-order valence-electron chi connectivity index (χ0n) is 17.8. The highest BCUT2D eigenvalue weighted by Gasteiger charge is 2.25. The molecular weight excluding hydrogens is 448 g/mol. The molecule has 10 heteroatoms. The Labute approximate surface area is 194 Å². The van der Waals surface area contributed by atoms with Gasteiger partial charge in [0.15, 0.2) is 21.9 Å². The van der Waals surface area contributed by atoms with Crippen LogP contribution in [0.15, 0.2) is 52.9 Å². The Bertz CT molecular complexity index is 1060. The molecule has 2 heterocycles. The van der Waals surface area contributed by atoms with E-state index >= 15 is 0 Å². The maximum absolute atomic E-state index is 12.8. The summed E-state index contributed by atoms with van der Waals surface area (Å²) in [6.07, 6.45) is -0.197. The molecule has 3 aromatic rings. The van der Waals surface area contributed by atoms with Gasteiger partial charge in [-0.25, -0.2) is 0 Å². The number of rotatable bonds is 9. The van der Waals surface area contributed by atoms with Crippen molar-refractivity contribution in [2.75, 3.05) is 37.9 Å². The third kappa shape index (κ3) is 5.43. The van der Waals surface area contributed by atoms with Crippen molar-refractivity contribution in [2.24, 2.45) is 0 Å². The van der Waals surface area contributed by atoms with Crippen molar-refractivity contribution >= 4 is 39.8 Å². The van der Waals surface area contributed by atoms with Gasteiger partial charge in [-0.05, 0) is 31.2 Å². The minimum atomic E-state index is -0.197. The molecular formula is C22H24N4O4S2. The zero-order valence-corrected chi connectivity index (χ0v) is 19.4. The van der Waals surface area contributed by atoms with Crippen molar-refractivity contribution in [1.82, 2.24) is 15.1 Å². The van der Waals surface area contributed by atoms with Crippen molar-refractivity contribution in [3.05, 3.63) is 48.5 Å². The predicted octanol–water partition coefficient (Wildman–Crippen LogP) is 4.07. The van der Waals surface area contributed by atoms with Crippen LogP contribution in [0.1, 0.15) is 6.92 Å². The number of fused-ring (bicyclic) bond motifs is 1. The van der Waals surface area contributed by atoms with Crippen LogP contribution in [0.3, 0.4) is 0 Å². The summed E-state index contributed by atoms with van der Waals surface area (Å²) >= 11 is 2.77. The average molecular weight is 473 g/mol. The third-order valence-electron chi connectivity index (χ3n) is 4.80. The van der Waals surface area contributed by atoms with E-state index in [4.69, 9.17) is 14.2 Å². The largest absolute Gasteiger partial charge is 0.495 e. The maximum atomic E-state index is 12.8. The summed E-state index contributed by atoms with van der Waals surface area (Å²) in [5.41, 5.74) is 0.812. The maximum Gasteiger partial charge on any atom is 0.233 e. The Kier molecular flexibility index (Phi) is 7.33.